The monoisotopic (exact) mass is 298 g/mol. The van der Waals surface area contributed by atoms with Crippen LogP contribution >= 0.6 is 0 Å². The number of rotatable bonds is 4. The Morgan fingerprint density at radius 1 is 1.32 bits per heavy atom. The minimum atomic E-state index is -1.09. The quantitative estimate of drug-likeness (QED) is 0.881. The largest absolute Gasteiger partial charge is 0.478 e. The molecule has 0 aliphatic rings. The van der Waals surface area contributed by atoms with Gasteiger partial charge in [-0.1, -0.05) is 17.7 Å². The zero-order valence-electron chi connectivity index (χ0n) is 12.8. The number of benzene rings is 1. The summed E-state index contributed by atoms with van der Waals surface area (Å²) in [7, 11) is 0. The number of carboxylic acids is 1. The van der Waals surface area contributed by atoms with Crippen molar-refractivity contribution in [1.82, 2.24) is 9.78 Å². The Balaban J connectivity index is 2.67. The van der Waals surface area contributed by atoms with Crippen LogP contribution in [0.1, 0.15) is 23.6 Å². The lowest BCUT2D eigenvalue weighted by Crippen LogP contribution is -2.24. The van der Waals surface area contributed by atoms with Crippen molar-refractivity contribution in [3.8, 4) is 11.3 Å². The van der Waals surface area contributed by atoms with Crippen LogP contribution < -0.4 is 5.56 Å². The van der Waals surface area contributed by atoms with Gasteiger partial charge < -0.3 is 5.11 Å². The summed E-state index contributed by atoms with van der Waals surface area (Å²) in [5.74, 6) is -1.09. The standard InChI is InChI=1S/C17H18N2O3/c1-4-19-17(22)13(7-8-16(20)21)10-15(18-19)14-9-11(2)5-6-12(14)3/h5-10H,4H2,1-3H3,(H,20,21)/b8-7+. The summed E-state index contributed by atoms with van der Waals surface area (Å²) in [5.41, 5.74) is 3.76. The van der Waals surface area contributed by atoms with E-state index in [-0.39, 0.29) is 5.56 Å². The molecule has 0 fully saturated rings. The molecule has 1 N–H and O–H groups in total. The fraction of sp³-hybridized carbons (Fsp3) is 0.235. The number of hydrogen-bond acceptors (Lipinski definition) is 3. The number of hydrogen-bond donors (Lipinski definition) is 1. The van der Waals surface area contributed by atoms with Crippen LogP contribution in [0.25, 0.3) is 17.3 Å². The summed E-state index contributed by atoms with van der Waals surface area (Å²) in [4.78, 5) is 22.9. The average Bonchev–Trinajstić information content (AvgIpc) is 2.48. The number of aliphatic carboxylic acids is 1. The van der Waals surface area contributed by atoms with Gasteiger partial charge >= 0.3 is 5.97 Å². The van der Waals surface area contributed by atoms with Crippen molar-refractivity contribution in [3.05, 3.63) is 57.4 Å². The third kappa shape index (κ3) is 3.31. The summed E-state index contributed by atoms with van der Waals surface area (Å²) < 4.78 is 1.35. The van der Waals surface area contributed by atoms with E-state index in [9.17, 15) is 9.59 Å². The molecule has 0 unspecified atom stereocenters. The lowest BCUT2D eigenvalue weighted by molar-refractivity contribution is -0.131. The highest BCUT2D eigenvalue weighted by atomic mass is 16.4. The molecule has 2 aromatic rings. The van der Waals surface area contributed by atoms with E-state index >= 15 is 0 Å². The number of nitrogens with zero attached hydrogens (tertiary/aromatic N) is 2. The molecule has 0 aliphatic carbocycles. The lowest BCUT2D eigenvalue weighted by Gasteiger charge is -2.10. The van der Waals surface area contributed by atoms with Gasteiger partial charge in [-0.15, -0.1) is 0 Å². The van der Waals surface area contributed by atoms with Gasteiger partial charge in [-0.05, 0) is 44.5 Å². The number of carboxylic acid groups (broad SMARTS) is 1. The Bertz CT molecular complexity index is 804. The third-order valence-corrected chi connectivity index (χ3v) is 3.38. The van der Waals surface area contributed by atoms with Crippen molar-refractivity contribution in [2.45, 2.75) is 27.3 Å². The molecule has 5 nitrogen and oxygen atoms in total. The Morgan fingerprint density at radius 2 is 2.05 bits per heavy atom. The first-order chi connectivity index (χ1) is 10.4. The van der Waals surface area contributed by atoms with Crippen molar-refractivity contribution in [1.29, 1.82) is 0 Å². The summed E-state index contributed by atoms with van der Waals surface area (Å²) in [5, 5.41) is 13.1. The molecule has 0 saturated heterocycles. The lowest BCUT2D eigenvalue weighted by atomic mass is 10.0. The van der Waals surface area contributed by atoms with Crippen molar-refractivity contribution in [3.63, 3.8) is 0 Å². The van der Waals surface area contributed by atoms with Gasteiger partial charge in [0.15, 0.2) is 0 Å². The first-order valence-electron chi connectivity index (χ1n) is 7.03. The number of aromatic nitrogens is 2. The van der Waals surface area contributed by atoms with Gasteiger partial charge in [0.05, 0.1) is 5.69 Å². The Hall–Kier alpha value is -2.69. The highest BCUT2D eigenvalue weighted by Gasteiger charge is 2.10. The van der Waals surface area contributed by atoms with E-state index in [4.69, 9.17) is 5.11 Å². The predicted molar refractivity (Wildman–Crippen MR) is 85.8 cm³/mol. The minimum Gasteiger partial charge on any atom is -0.478 e. The molecule has 0 radical (unpaired) electrons. The van der Waals surface area contributed by atoms with Gasteiger partial charge in [0, 0.05) is 23.7 Å². The zero-order chi connectivity index (χ0) is 16.3. The second kappa shape index (κ2) is 6.39. The van der Waals surface area contributed by atoms with Crippen molar-refractivity contribution in [2.75, 3.05) is 0 Å². The van der Waals surface area contributed by atoms with E-state index in [1.807, 2.05) is 39.0 Å². The SMILES string of the molecule is CCn1nc(-c2cc(C)ccc2C)cc(/C=C/C(=O)O)c1=O. The molecule has 1 aromatic heterocycles. The molecule has 1 heterocycles. The maximum absolute atomic E-state index is 12.2. The highest BCUT2D eigenvalue weighted by molar-refractivity contribution is 5.85. The number of carbonyl (C=O) groups is 1. The molecule has 0 spiro atoms. The zero-order valence-corrected chi connectivity index (χ0v) is 12.8. The van der Waals surface area contributed by atoms with E-state index in [2.05, 4.69) is 5.10 Å². The molecule has 1 aromatic carbocycles. The van der Waals surface area contributed by atoms with Crippen molar-refractivity contribution >= 4 is 12.0 Å². The van der Waals surface area contributed by atoms with Gasteiger partial charge in [0.2, 0.25) is 0 Å². The Labute approximate surface area is 128 Å². The molecule has 0 atom stereocenters. The van der Waals surface area contributed by atoms with Gasteiger partial charge in [-0.3, -0.25) is 4.79 Å². The minimum absolute atomic E-state index is 0.297. The van der Waals surface area contributed by atoms with Crippen LogP contribution in [0.5, 0.6) is 0 Å². The van der Waals surface area contributed by atoms with Crippen LogP contribution in [0.4, 0.5) is 0 Å². The van der Waals surface area contributed by atoms with E-state index in [1.54, 1.807) is 6.07 Å². The molecule has 0 saturated carbocycles. The molecule has 0 aliphatic heterocycles. The van der Waals surface area contributed by atoms with E-state index < -0.39 is 5.97 Å². The summed E-state index contributed by atoms with van der Waals surface area (Å²) >= 11 is 0. The highest BCUT2D eigenvalue weighted by Crippen LogP contribution is 2.22. The maximum atomic E-state index is 12.2. The van der Waals surface area contributed by atoms with Gasteiger partial charge in [-0.2, -0.15) is 5.10 Å². The Morgan fingerprint density at radius 3 is 2.68 bits per heavy atom. The second-order valence-corrected chi connectivity index (χ2v) is 5.10. The van der Waals surface area contributed by atoms with Crippen molar-refractivity contribution < 1.29 is 9.90 Å². The maximum Gasteiger partial charge on any atom is 0.328 e. The van der Waals surface area contributed by atoms with E-state index in [0.29, 0.717) is 17.8 Å². The second-order valence-electron chi connectivity index (χ2n) is 5.10. The molecule has 0 amide bonds. The average molecular weight is 298 g/mol. The third-order valence-electron chi connectivity index (χ3n) is 3.38. The summed E-state index contributed by atoms with van der Waals surface area (Å²) in [6.45, 7) is 6.21. The fourth-order valence-electron chi connectivity index (χ4n) is 2.20. The molecular formula is C17H18N2O3. The van der Waals surface area contributed by atoms with Crippen LogP contribution in [0.15, 0.2) is 35.1 Å². The van der Waals surface area contributed by atoms with Crippen LogP contribution in [-0.4, -0.2) is 20.9 Å². The molecule has 0 bridgehead atoms. The van der Waals surface area contributed by atoms with Gasteiger partial charge in [-0.25, -0.2) is 9.48 Å². The molecular weight excluding hydrogens is 280 g/mol. The van der Waals surface area contributed by atoms with Crippen LogP contribution in [0.2, 0.25) is 0 Å². The fourth-order valence-corrected chi connectivity index (χ4v) is 2.20. The van der Waals surface area contributed by atoms with Crippen molar-refractivity contribution in [2.24, 2.45) is 0 Å². The molecule has 5 heteroatoms. The normalized spacial score (nSPS) is 11.0. The predicted octanol–water partition coefficient (Wildman–Crippen LogP) is 2.64. The molecule has 2 rings (SSSR count). The van der Waals surface area contributed by atoms with Crippen LogP contribution in [0.3, 0.4) is 0 Å². The molecule has 114 valence electrons. The van der Waals surface area contributed by atoms with E-state index in [0.717, 1.165) is 22.8 Å². The molecule has 22 heavy (non-hydrogen) atoms. The number of aryl methyl sites for hydroxylation is 3. The van der Waals surface area contributed by atoms with Gasteiger partial charge in [0.1, 0.15) is 0 Å². The first-order valence-corrected chi connectivity index (χ1v) is 7.03. The van der Waals surface area contributed by atoms with E-state index in [1.165, 1.54) is 10.8 Å². The summed E-state index contributed by atoms with van der Waals surface area (Å²) in [6, 6.07) is 7.66. The first kappa shape index (κ1) is 15.7. The smallest absolute Gasteiger partial charge is 0.328 e. The Kier molecular flexibility index (Phi) is 4.56. The topological polar surface area (TPSA) is 72.2 Å². The van der Waals surface area contributed by atoms with Gasteiger partial charge in [0.25, 0.3) is 5.56 Å². The van der Waals surface area contributed by atoms with Crippen LogP contribution in [-0.2, 0) is 11.3 Å². The summed E-state index contributed by atoms with van der Waals surface area (Å²) in [6.07, 6.45) is 2.27. The van der Waals surface area contributed by atoms with Crippen LogP contribution in [0, 0.1) is 13.8 Å².